The summed E-state index contributed by atoms with van der Waals surface area (Å²) in [5.74, 6) is -2.27. The van der Waals surface area contributed by atoms with Gasteiger partial charge in [0, 0.05) is 11.8 Å². The highest BCUT2D eigenvalue weighted by Gasteiger charge is 2.30. The lowest BCUT2D eigenvalue weighted by Gasteiger charge is -2.24. The number of hydrogen-bond donors (Lipinski definition) is 1. The first kappa shape index (κ1) is 30.4. The third-order valence-electron chi connectivity index (χ3n) is 5.81. The van der Waals surface area contributed by atoms with E-state index in [0.29, 0.717) is 6.42 Å². The van der Waals surface area contributed by atoms with Crippen LogP contribution in [0.4, 0.5) is 0 Å². The molecule has 0 aliphatic rings. The molecule has 9 heteroatoms. The van der Waals surface area contributed by atoms with Crippen LogP contribution in [0.15, 0.2) is 41.3 Å². The van der Waals surface area contributed by atoms with Crippen LogP contribution in [0, 0.1) is 0 Å². The van der Waals surface area contributed by atoms with Gasteiger partial charge < -0.3 is 10.1 Å². The second-order valence-corrected chi connectivity index (χ2v) is 11.6. The fraction of sp³-hybridized carbons (Fsp3) is 0.536. The minimum Gasteiger partial charge on any atom is -0.460 e. The van der Waals surface area contributed by atoms with Gasteiger partial charge in [0.05, 0.1) is 30.3 Å². The number of rotatable bonds is 10. The average molecular weight is 577 g/mol. The van der Waals surface area contributed by atoms with Crippen molar-refractivity contribution in [3.8, 4) is 0 Å². The number of esters is 1. The number of hydrogen-bond acceptors (Lipinski definition) is 6. The van der Waals surface area contributed by atoms with Gasteiger partial charge in [-0.05, 0) is 49.8 Å². The van der Waals surface area contributed by atoms with Gasteiger partial charge in [-0.25, -0.2) is 4.68 Å². The van der Waals surface area contributed by atoms with E-state index in [0.717, 1.165) is 11.1 Å². The highest BCUT2D eigenvalue weighted by molar-refractivity contribution is 9.09. The van der Waals surface area contributed by atoms with Crippen LogP contribution in [0.5, 0.6) is 0 Å². The molecule has 2 atom stereocenters. The van der Waals surface area contributed by atoms with Gasteiger partial charge in [-0.1, -0.05) is 67.9 Å². The molecule has 0 aliphatic carbocycles. The van der Waals surface area contributed by atoms with Crippen LogP contribution in [-0.2, 0) is 31.1 Å². The van der Waals surface area contributed by atoms with E-state index in [4.69, 9.17) is 4.74 Å². The Kier molecular flexibility index (Phi) is 10.4. The zero-order chi connectivity index (χ0) is 28.0. The first-order chi connectivity index (χ1) is 17.2. The second kappa shape index (κ2) is 12.6. The number of aromatic nitrogens is 2. The maximum atomic E-state index is 13.4. The van der Waals surface area contributed by atoms with Gasteiger partial charge in [0.15, 0.2) is 5.78 Å². The molecular weight excluding hydrogens is 538 g/mol. The second-order valence-electron chi connectivity index (χ2n) is 11.1. The van der Waals surface area contributed by atoms with Crippen molar-refractivity contribution in [2.45, 2.75) is 90.8 Å². The third-order valence-corrected chi connectivity index (χ3v) is 6.37. The highest BCUT2D eigenvalue weighted by Crippen LogP contribution is 2.26. The summed E-state index contributed by atoms with van der Waals surface area (Å²) in [5, 5.41) is 6.90. The Balaban J connectivity index is 2.32. The lowest BCUT2D eigenvalue weighted by Crippen LogP contribution is -2.46. The summed E-state index contributed by atoms with van der Waals surface area (Å²) in [6.45, 7) is 13.6. The van der Waals surface area contributed by atoms with E-state index < -0.39 is 29.4 Å². The van der Waals surface area contributed by atoms with E-state index in [-0.39, 0.29) is 40.6 Å². The molecule has 0 spiro atoms. The van der Waals surface area contributed by atoms with Gasteiger partial charge in [0.1, 0.15) is 5.60 Å². The first-order valence-electron chi connectivity index (χ1n) is 12.4. The highest BCUT2D eigenvalue weighted by atomic mass is 79.9. The van der Waals surface area contributed by atoms with E-state index in [1.54, 1.807) is 27.7 Å². The van der Waals surface area contributed by atoms with Crippen LogP contribution >= 0.6 is 15.9 Å². The number of alkyl halides is 1. The number of benzene rings is 1. The number of Topliss-reactive ketones (excluding diaryl/α,β-unsaturated/α-hetero) is 1. The predicted molar refractivity (Wildman–Crippen MR) is 147 cm³/mol. The Morgan fingerprint density at radius 2 is 1.73 bits per heavy atom. The molecule has 8 nitrogen and oxygen atoms in total. The number of ketones is 1. The summed E-state index contributed by atoms with van der Waals surface area (Å²) in [4.78, 5) is 51.5. The minimum atomic E-state index is -1.07. The number of nitrogens with zero attached hydrogens (tertiary/aromatic N) is 2. The number of ether oxygens (including phenoxy) is 1. The largest absolute Gasteiger partial charge is 0.460 e. The maximum absolute atomic E-state index is 13.4. The van der Waals surface area contributed by atoms with Gasteiger partial charge in [-0.2, -0.15) is 5.10 Å². The molecule has 202 valence electrons. The van der Waals surface area contributed by atoms with Crippen LogP contribution in [0.1, 0.15) is 83.9 Å². The van der Waals surface area contributed by atoms with Gasteiger partial charge in [-0.15, -0.1) is 0 Å². The van der Waals surface area contributed by atoms with Crippen molar-refractivity contribution in [1.29, 1.82) is 0 Å². The van der Waals surface area contributed by atoms with Crippen molar-refractivity contribution in [3.05, 3.63) is 63.6 Å². The lowest BCUT2D eigenvalue weighted by atomic mass is 9.84. The quantitative estimate of drug-likeness (QED) is 0.335. The Morgan fingerprint density at radius 1 is 1.08 bits per heavy atom. The van der Waals surface area contributed by atoms with Crippen molar-refractivity contribution in [2.75, 3.05) is 5.33 Å². The predicted octanol–water partition coefficient (Wildman–Crippen LogP) is 4.26. The molecule has 0 radical (unpaired) electrons. The summed E-state index contributed by atoms with van der Waals surface area (Å²) in [6.07, 6.45) is 1.54. The molecule has 1 heterocycles. The van der Waals surface area contributed by atoms with Gasteiger partial charge in [0.2, 0.25) is 5.91 Å². The van der Waals surface area contributed by atoms with Crippen LogP contribution in [0.25, 0.3) is 0 Å². The fourth-order valence-corrected chi connectivity index (χ4v) is 4.49. The van der Waals surface area contributed by atoms with Crippen molar-refractivity contribution in [3.63, 3.8) is 0 Å². The van der Waals surface area contributed by atoms with E-state index >= 15 is 0 Å². The summed E-state index contributed by atoms with van der Waals surface area (Å²) in [7, 11) is 0. The smallest absolute Gasteiger partial charge is 0.308 e. The molecular formula is C28H38BrN3O5. The Morgan fingerprint density at radius 3 is 2.30 bits per heavy atom. The SMILES string of the molecule is CCC(C(=O)N[C@@H](CC(=O)OC(C)(C)C)C(=O)CBr)c1ccnn(Cc2ccccc2C(C)(C)C)c1=O. The molecule has 0 fully saturated rings. The standard InChI is InChI=1S/C28H38BrN3O5/c1-8-19(25(35)31-22(23(33)16-29)15-24(34)37-28(5,6)7)20-13-14-30-32(26(20)36)17-18-11-9-10-12-21(18)27(2,3)4/h9-14,19,22H,8,15-17H2,1-7H3,(H,31,35)/t19?,22-/m0/s1. The summed E-state index contributed by atoms with van der Waals surface area (Å²) >= 11 is 3.11. The number of carbonyl (C=O) groups is 3. The molecule has 2 aromatic rings. The molecule has 1 aromatic carbocycles. The maximum Gasteiger partial charge on any atom is 0.308 e. The van der Waals surface area contributed by atoms with Gasteiger partial charge in [-0.3, -0.25) is 19.2 Å². The lowest BCUT2D eigenvalue weighted by molar-refractivity contribution is -0.156. The average Bonchev–Trinajstić information content (AvgIpc) is 2.79. The van der Waals surface area contributed by atoms with Gasteiger partial charge in [0.25, 0.3) is 5.56 Å². The van der Waals surface area contributed by atoms with Crippen LogP contribution in [0.2, 0.25) is 0 Å². The zero-order valence-electron chi connectivity index (χ0n) is 22.8. The van der Waals surface area contributed by atoms with Crippen LogP contribution in [0.3, 0.4) is 0 Å². The molecule has 0 saturated carbocycles. The Labute approximate surface area is 227 Å². The topological polar surface area (TPSA) is 107 Å². The monoisotopic (exact) mass is 575 g/mol. The zero-order valence-corrected chi connectivity index (χ0v) is 24.3. The fourth-order valence-electron chi connectivity index (χ4n) is 4.10. The first-order valence-corrected chi connectivity index (χ1v) is 13.5. The van der Waals surface area contributed by atoms with Gasteiger partial charge >= 0.3 is 5.97 Å². The molecule has 37 heavy (non-hydrogen) atoms. The molecule has 1 N–H and O–H groups in total. The van der Waals surface area contributed by atoms with E-state index in [1.807, 2.05) is 24.3 Å². The molecule has 0 aliphatic heterocycles. The van der Waals surface area contributed by atoms with Crippen molar-refractivity contribution < 1.29 is 19.1 Å². The number of nitrogens with one attached hydrogen (secondary N) is 1. The summed E-state index contributed by atoms with van der Waals surface area (Å²) in [6, 6.07) is 8.37. The number of halogens is 1. The van der Waals surface area contributed by atoms with Crippen molar-refractivity contribution in [1.82, 2.24) is 15.1 Å². The minimum absolute atomic E-state index is 0.0349. The molecule has 1 amide bonds. The van der Waals surface area contributed by atoms with Crippen molar-refractivity contribution >= 4 is 33.6 Å². The number of amides is 1. The van der Waals surface area contributed by atoms with E-state index in [1.165, 1.54) is 16.9 Å². The Hall–Kier alpha value is -2.81. The molecule has 0 saturated heterocycles. The Bertz CT molecular complexity index is 1180. The normalized spacial score (nSPS) is 13.5. The molecule has 2 rings (SSSR count). The van der Waals surface area contributed by atoms with Crippen molar-refractivity contribution in [2.24, 2.45) is 0 Å². The van der Waals surface area contributed by atoms with E-state index in [9.17, 15) is 19.2 Å². The van der Waals surface area contributed by atoms with E-state index in [2.05, 4.69) is 47.1 Å². The van der Waals surface area contributed by atoms with Crippen LogP contribution < -0.4 is 10.9 Å². The molecule has 1 aromatic heterocycles. The summed E-state index contributed by atoms with van der Waals surface area (Å²) < 4.78 is 6.68. The van der Waals surface area contributed by atoms with Crippen LogP contribution in [-0.4, -0.2) is 44.4 Å². The molecule has 0 bridgehead atoms. The molecule has 1 unspecified atom stereocenters. The summed E-state index contributed by atoms with van der Waals surface area (Å²) in [5.41, 5.74) is 1.16. The number of carbonyl (C=O) groups excluding carboxylic acids is 3. The third kappa shape index (κ3) is 8.62.